The van der Waals surface area contributed by atoms with E-state index in [-0.39, 0.29) is 17.4 Å². The lowest BCUT2D eigenvalue weighted by atomic mass is 9.88. The first-order valence-electron chi connectivity index (χ1n) is 10.6. The number of benzene rings is 2. The van der Waals surface area contributed by atoms with Crippen molar-refractivity contribution in [3.63, 3.8) is 0 Å². The van der Waals surface area contributed by atoms with Gasteiger partial charge in [0, 0.05) is 36.0 Å². The van der Waals surface area contributed by atoms with Gasteiger partial charge >= 0.3 is 0 Å². The van der Waals surface area contributed by atoms with Crippen LogP contribution in [0.1, 0.15) is 49.1 Å². The van der Waals surface area contributed by atoms with Crippen LogP contribution < -0.4 is 10.3 Å². The number of pyridine rings is 1. The average Bonchev–Trinajstić information content (AvgIpc) is 2.89. The maximum Gasteiger partial charge on any atom is 0.250 e. The van der Waals surface area contributed by atoms with Crippen molar-refractivity contribution in [1.82, 2.24) is 9.29 Å². The van der Waals surface area contributed by atoms with Crippen LogP contribution in [0.3, 0.4) is 0 Å². The van der Waals surface area contributed by atoms with Crippen LogP contribution in [0.25, 0.3) is 11.1 Å². The summed E-state index contributed by atoms with van der Waals surface area (Å²) < 4.78 is 41.8. The van der Waals surface area contributed by atoms with Crippen LogP contribution in [0.2, 0.25) is 0 Å². The number of hydrogen-bond donors (Lipinski definition) is 1. The molecular formula is C25H26FN3O3S. The topological polar surface area (TPSA) is 80.5 Å². The maximum absolute atomic E-state index is 13.6. The van der Waals surface area contributed by atoms with Crippen LogP contribution in [-0.4, -0.2) is 25.7 Å². The third kappa shape index (κ3) is 3.83. The average molecular weight is 468 g/mol. The second kappa shape index (κ2) is 8.04. The van der Waals surface area contributed by atoms with Crippen molar-refractivity contribution in [2.45, 2.75) is 31.6 Å². The normalized spacial score (nSPS) is 15.9. The second-order valence-electron chi connectivity index (χ2n) is 8.73. The summed E-state index contributed by atoms with van der Waals surface area (Å²) in [6.45, 7) is 5.21. The summed E-state index contributed by atoms with van der Waals surface area (Å²) in [6.07, 6.45) is 1.76. The van der Waals surface area contributed by atoms with Crippen molar-refractivity contribution < 1.29 is 12.8 Å². The number of aromatic nitrogens is 1. The fourth-order valence-electron chi connectivity index (χ4n) is 4.14. The van der Waals surface area contributed by atoms with E-state index in [1.54, 1.807) is 51.4 Å². The van der Waals surface area contributed by atoms with Crippen LogP contribution >= 0.6 is 0 Å². The van der Waals surface area contributed by atoms with E-state index >= 15 is 0 Å². The van der Waals surface area contributed by atoms with E-state index in [9.17, 15) is 17.6 Å². The Hall–Kier alpha value is -3.10. The van der Waals surface area contributed by atoms with E-state index in [0.717, 1.165) is 27.8 Å². The zero-order chi connectivity index (χ0) is 24.1. The molecule has 0 radical (unpaired) electrons. The molecule has 4 rings (SSSR count). The van der Waals surface area contributed by atoms with E-state index in [1.165, 1.54) is 23.7 Å². The third-order valence-corrected chi connectivity index (χ3v) is 8.47. The summed E-state index contributed by atoms with van der Waals surface area (Å²) in [5.74, 6) is -0.345. The molecule has 0 saturated carbocycles. The highest BCUT2D eigenvalue weighted by molar-refractivity contribution is 7.90. The van der Waals surface area contributed by atoms with Gasteiger partial charge in [0.1, 0.15) is 10.6 Å². The van der Waals surface area contributed by atoms with Gasteiger partial charge in [-0.15, -0.1) is 0 Å². The number of sulfonamides is 1. The molecule has 1 atom stereocenters. The fourth-order valence-corrected chi connectivity index (χ4v) is 5.09. The molecule has 0 saturated heterocycles. The van der Waals surface area contributed by atoms with Gasteiger partial charge in [-0.25, -0.2) is 17.5 Å². The lowest BCUT2D eigenvalue weighted by Crippen LogP contribution is -2.37. The van der Waals surface area contributed by atoms with Crippen molar-refractivity contribution in [3.05, 3.63) is 93.2 Å². The Balaban J connectivity index is 2.06. The Morgan fingerprint density at radius 1 is 1.03 bits per heavy atom. The number of fused-ring (bicyclic) bond motifs is 3. The van der Waals surface area contributed by atoms with Crippen molar-refractivity contribution in [2.24, 2.45) is 12.0 Å². The molecule has 2 aromatic carbocycles. The largest absolute Gasteiger partial charge is 0.318 e. The molecule has 33 heavy (non-hydrogen) atoms. The van der Waals surface area contributed by atoms with E-state index in [4.69, 9.17) is 4.99 Å². The highest BCUT2D eigenvalue weighted by Gasteiger charge is 2.36. The molecule has 0 unspecified atom stereocenters. The first-order chi connectivity index (χ1) is 15.5. The molecule has 0 spiro atoms. The monoisotopic (exact) mass is 467 g/mol. The number of aliphatic imine (C=N–C) groups is 1. The van der Waals surface area contributed by atoms with Gasteiger partial charge in [-0.2, -0.15) is 0 Å². The molecule has 6 nitrogen and oxygen atoms in total. The zero-order valence-electron chi connectivity index (χ0n) is 19.2. The number of nitrogens with zero attached hydrogens (tertiary/aromatic N) is 2. The third-order valence-electron chi connectivity index (χ3n) is 6.35. The van der Waals surface area contributed by atoms with Crippen LogP contribution in [0, 0.1) is 5.82 Å². The Labute approximate surface area is 192 Å². The molecule has 0 bridgehead atoms. The number of nitrogens with one attached hydrogen (secondary N) is 1. The minimum Gasteiger partial charge on any atom is -0.318 e. The van der Waals surface area contributed by atoms with Gasteiger partial charge in [-0.05, 0) is 74.8 Å². The molecular weight excluding hydrogens is 441 g/mol. The Morgan fingerprint density at radius 3 is 2.33 bits per heavy atom. The molecule has 3 aromatic rings. The van der Waals surface area contributed by atoms with Gasteiger partial charge < -0.3 is 4.57 Å². The highest BCUT2D eigenvalue weighted by atomic mass is 32.2. The molecule has 2 heterocycles. The lowest BCUT2D eigenvalue weighted by molar-refractivity contribution is 0.546. The molecule has 172 valence electrons. The van der Waals surface area contributed by atoms with Crippen LogP contribution in [0.5, 0.6) is 0 Å². The van der Waals surface area contributed by atoms with Crippen molar-refractivity contribution in [2.75, 3.05) is 7.05 Å². The van der Waals surface area contributed by atoms with Crippen LogP contribution in [-0.2, 0) is 21.8 Å². The molecule has 0 aliphatic carbocycles. The number of hydrogen-bond acceptors (Lipinski definition) is 4. The summed E-state index contributed by atoms with van der Waals surface area (Å²) in [6, 6.07) is 12.8. The molecule has 8 heteroatoms. The molecule has 1 aromatic heterocycles. The Bertz CT molecular complexity index is 1440. The van der Waals surface area contributed by atoms with E-state index in [0.29, 0.717) is 11.3 Å². The Morgan fingerprint density at radius 2 is 1.70 bits per heavy atom. The summed E-state index contributed by atoms with van der Waals surface area (Å²) in [5, 5.41) is 0. The fraction of sp³-hybridized carbons (Fsp3) is 0.280. The number of aryl methyl sites for hydroxylation is 1. The Kier molecular flexibility index (Phi) is 5.62. The van der Waals surface area contributed by atoms with Gasteiger partial charge in [-0.3, -0.25) is 9.79 Å². The molecule has 0 amide bonds. The predicted octanol–water partition coefficient (Wildman–Crippen LogP) is 3.89. The van der Waals surface area contributed by atoms with Gasteiger partial charge in [0.25, 0.3) is 5.56 Å². The minimum absolute atomic E-state index is 0.156. The van der Waals surface area contributed by atoms with Gasteiger partial charge in [0.2, 0.25) is 10.0 Å². The van der Waals surface area contributed by atoms with Crippen LogP contribution in [0.15, 0.2) is 64.5 Å². The number of rotatable bonds is 4. The summed E-state index contributed by atoms with van der Waals surface area (Å²) in [5.41, 5.74) is 4.95. The molecule has 0 fully saturated rings. The van der Waals surface area contributed by atoms with Crippen LogP contribution in [0.4, 0.5) is 4.39 Å². The molecule has 1 aliphatic rings. The minimum atomic E-state index is -3.64. The maximum atomic E-state index is 13.6. The first-order valence-corrected chi connectivity index (χ1v) is 12.1. The van der Waals surface area contributed by atoms with Gasteiger partial charge in [0.15, 0.2) is 0 Å². The van der Waals surface area contributed by atoms with E-state index in [2.05, 4.69) is 4.72 Å². The predicted molar refractivity (Wildman–Crippen MR) is 129 cm³/mol. The van der Waals surface area contributed by atoms with E-state index < -0.39 is 14.8 Å². The quantitative estimate of drug-likeness (QED) is 0.632. The highest BCUT2D eigenvalue weighted by Crippen LogP contribution is 2.40. The summed E-state index contributed by atoms with van der Waals surface area (Å²) >= 11 is 0. The smallest absolute Gasteiger partial charge is 0.250 e. The molecule has 1 N–H and O–H groups in total. The molecule has 1 aliphatic heterocycles. The summed E-state index contributed by atoms with van der Waals surface area (Å²) in [4.78, 5) is 17.3. The first kappa shape index (κ1) is 23.1. The zero-order valence-corrected chi connectivity index (χ0v) is 20.0. The van der Waals surface area contributed by atoms with Crippen molar-refractivity contribution in [1.29, 1.82) is 0 Å². The van der Waals surface area contributed by atoms with Gasteiger partial charge in [-0.1, -0.05) is 12.1 Å². The number of halogens is 1. The van der Waals surface area contributed by atoms with Crippen molar-refractivity contribution in [3.8, 4) is 11.1 Å². The second-order valence-corrected chi connectivity index (χ2v) is 11.2. The SMILES string of the molecule is CNS(=O)(=O)C(C)(C)c1ccc2c(c1)-c1cn(C)c(=O)cc1[C@H](C)N=C2c1ccc(F)cc1. The summed E-state index contributed by atoms with van der Waals surface area (Å²) in [7, 11) is -0.562. The van der Waals surface area contributed by atoms with E-state index in [1.807, 2.05) is 19.1 Å². The standard InChI is InChI=1S/C25H26FN3O3S/c1-15-20-13-23(30)29(5)14-22(20)21-12-17(25(2,3)33(31,32)27-4)8-11-19(21)24(28-15)16-6-9-18(26)10-7-16/h6-15,27H,1-5H3/t15-/m0/s1. The van der Waals surface area contributed by atoms with Gasteiger partial charge in [0.05, 0.1) is 11.8 Å². The lowest BCUT2D eigenvalue weighted by Gasteiger charge is -2.26. The van der Waals surface area contributed by atoms with Crippen molar-refractivity contribution >= 4 is 15.7 Å².